The van der Waals surface area contributed by atoms with E-state index < -0.39 is 0 Å². The quantitative estimate of drug-likeness (QED) is 0.613. The van der Waals surface area contributed by atoms with Gasteiger partial charge in [-0.05, 0) is 37.0 Å². The summed E-state index contributed by atoms with van der Waals surface area (Å²) >= 11 is 1.67. The SMILES string of the molecule is COc1ccc(C[NH+](C)Cc2nc3sc4c(c3c(=O)[nH]2)CCC4)c(OC)c1OC. The van der Waals surface area contributed by atoms with Gasteiger partial charge in [0.2, 0.25) is 5.75 Å². The molecule has 2 heterocycles. The highest BCUT2D eigenvalue weighted by molar-refractivity contribution is 7.18. The summed E-state index contributed by atoms with van der Waals surface area (Å²) in [5.41, 5.74) is 2.20. The molecule has 0 amide bonds. The summed E-state index contributed by atoms with van der Waals surface area (Å²) in [6.45, 7) is 1.29. The standard InChI is InChI=1S/C21H25N3O4S/c1-24(10-12-8-9-14(26-2)19(28-4)18(12)27-3)11-16-22-20(25)17-13-6-5-7-15(13)29-21(17)23-16/h8-9H,5-7,10-11H2,1-4H3,(H,22,23,25)/p+1. The third-order valence-corrected chi connectivity index (χ3v) is 6.56. The molecule has 7 nitrogen and oxygen atoms in total. The van der Waals surface area contributed by atoms with Crippen molar-refractivity contribution in [2.75, 3.05) is 28.4 Å². The first kappa shape index (κ1) is 19.7. The van der Waals surface area contributed by atoms with Crippen molar-refractivity contribution in [3.63, 3.8) is 0 Å². The molecule has 0 aliphatic heterocycles. The normalized spacial score (nSPS) is 14.1. The molecule has 0 radical (unpaired) electrons. The van der Waals surface area contributed by atoms with E-state index in [9.17, 15) is 4.79 Å². The fourth-order valence-corrected chi connectivity index (χ4v) is 5.39. The highest BCUT2D eigenvalue weighted by atomic mass is 32.1. The van der Waals surface area contributed by atoms with Gasteiger partial charge < -0.3 is 24.1 Å². The second-order valence-electron chi connectivity index (χ2n) is 7.35. The summed E-state index contributed by atoms with van der Waals surface area (Å²) in [6.07, 6.45) is 3.19. The molecular formula is C21H26N3O4S+. The van der Waals surface area contributed by atoms with Crippen molar-refractivity contribution in [3.05, 3.63) is 44.3 Å². The van der Waals surface area contributed by atoms with Crippen molar-refractivity contribution in [1.29, 1.82) is 0 Å². The minimum absolute atomic E-state index is 0.0131. The number of benzene rings is 1. The van der Waals surface area contributed by atoms with Crippen LogP contribution in [-0.2, 0) is 25.9 Å². The Morgan fingerprint density at radius 3 is 2.62 bits per heavy atom. The van der Waals surface area contributed by atoms with E-state index in [4.69, 9.17) is 19.2 Å². The molecule has 154 valence electrons. The number of quaternary nitrogens is 1. The van der Waals surface area contributed by atoms with Crippen LogP contribution < -0.4 is 24.7 Å². The molecule has 4 rings (SSSR count). The number of ether oxygens (including phenoxy) is 3. The minimum atomic E-state index is -0.0131. The smallest absolute Gasteiger partial charge is 0.260 e. The Hall–Kier alpha value is -2.58. The number of nitrogens with one attached hydrogen (secondary N) is 2. The zero-order chi connectivity index (χ0) is 20.5. The van der Waals surface area contributed by atoms with Crippen LogP contribution in [0.5, 0.6) is 17.2 Å². The molecule has 0 bridgehead atoms. The number of hydrogen-bond acceptors (Lipinski definition) is 6. The number of aromatic nitrogens is 2. The van der Waals surface area contributed by atoms with Crippen molar-refractivity contribution in [2.45, 2.75) is 32.4 Å². The molecule has 0 fully saturated rings. The molecule has 1 aliphatic carbocycles. The summed E-state index contributed by atoms with van der Waals surface area (Å²) in [7, 11) is 6.89. The first-order chi connectivity index (χ1) is 14.0. The molecule has 1 aromatic carbocycles. The van der Waals surface area contributed by atoms with E-state index in [1.54, 1.807) is 32.7 Å². The molecule has 1 atom stereocenters. The summed E-state index contributed by atoms with van der Waals surface area (Å²) < 4.78 is 16.4. The lowest BCUT2D eigenvalue weighted by atomic mass is 10.1. The Balaban J connectivity index is 1.58. The molecule has 29 heavy (non-hydrogen) atoms. The van der Waals surface area contributed by atoms with Gasteiger partial charge >= 0.3 is 0 Å². The van der Waals surface area contributed by atoms with Crippen LogP contribution in [0.4, 0.5) is 0 Å². The molecule has 0 saturated heterocycles. The lowest BCUT2D eigenvalue weighted by molar-refractivity contribution is -0.908. The van der Waals surface area contributed by atoms with Crippen LogP contribution in [0.15, 0.2) is 16.9 Å². The van der Waals surface area contributed by atoms with Crippen molar-refractivity contribution >= 4 is 21.6 Å². The molecule has 0 saturated carbocycles. The Morgan fingerprint density at radius 1 is 1.10 bits per heavy atom. The van der Waals surface area contributed by atoms with Crippen LogP contribution >= 0.6 is 11.3 Å². The summed E-state index contributed by atoms with van der Waals surface area (Å²) in [4.78, 5) is 23.8. The van der Waals surface area contributed by atoms with Gasteiger partial charge in [0.25, 0.3) is 5.56 Å². The molecule has 1 aliphatic rings. The lowest BCUT2D eigenvalue weighted by Gasteiger charge is -2.18. The zero-order valence-electron chi connectivity index (χ0n) is 17.2. The summed E-state index contributed by atoms with van der Waals surface area (Å²) in [5.74, 6) is 2.59. The van der Waals surface area contributed by atoms with E-state index in [2.05, 4.69) is 12.0 Å². The second-order valence-corrected chi connectivity index (χ2v) is 8.44. The van der Waals surface area contributed by atoms with Crippen molar-refractivity contribution in [3.8, 4) is 17.2 Å². The van der Waals surface area contributed by atoms with Gasteiger partial charge in [-0.25, -0.2) is 4.98 Å². The topological polar surface area (TPSA) is 77.9 Å². The fourth-order valence-electron chi connectivity index (χ4n) is 4.11. The maximum atomic E-state index is 12.7. The van der Waals surface area contributed by atoms with Gasteiger partial charge in [0.05, 0.1) is 39.3 Å². The van der Waals surface area contributed by atoms with Gasteiger partial charge in [0.1, 0.15) is 17.9 Å². The summed E-state index contributed by atoms with van der Waals surface area (Å²) in [5, 5.41) is 0.797. The number of thiophene rings is 1. The lowest BCUT2D eigenvalue weighted by Crippen LogP contribution is -3.06. The number of methoxy groups -OCH3 is 3. The molecule has 3 aromatic rings. The molecule has 1 unspecified atom stereocenters. The van der Waals surface area contributed by atoms with Crippen molar-refractivity contribution < 1.29 is 19.1 Å². The van der Waals surface area contributed by atoms with Gasteiger partial charge in [0, 0.05) is 4.88 Å². The van der Waals surface area contributed by atoms with E-state index in [0.29, 0.717) is 36.2 Å². The van der Waals surface area contributed by atoms with Crippen LogP contribution in [0.2, 0.25) is 0 Å². The van der Waals surface area contributed by atoms with E-state index in [-0.39, 0.29) is 5.56 Å². The van der Waals surface area contributed by atoms with E-state index in [0.717, 1.165) is 35.0 Å². The molecular weight excluding hydrogens is 390 g/mol. The first-order valence-corrected chi connectivity index (χ1v) is 10.5. The first-order valence-electron chi connectivity index (χ1n) is 9.68. The molecule has 2 aromatic heterocycles. The van der Waals surface area contributed by atoms with Crippen molar-refractivity contribution in [1.82, 2.24) is 9.97 Å². The Bertz CT molecular complexity index is 1110. The monoisotopic (exact) mass is 416 g/mol. The predicted molar refractivity (Wildman–Crippen MR) is 113 cm³/mol. The highest BCUT2D eigenvalue weighted by Crippen LogP contribution is 2.39. The zero-order valence-corrected chi connectivity index (χ0v) is 18.0. The third-order valence-electron chi connectivity index (χ3n) is 5.37. The molecule has 8 heteroatoms. The number of hydrogen-bond donors (Lipinski definition) is 2. The van der Waals surface area contributed by atoms with Crippen LogP contribution in [0.25, 0.3) is 10.2 Å². The second kappa shape index (κ2) is 8.04. The van der Waals surface area contributed by atoms with E-state index >= 15 is 0 Å². The predicted octanol–water partition coefficient (Wildman–Crippen LogP) is 1.71. The van der Waals surface area contributed by atoms with E-state index in [1.807, 2.05) is 12.1 Å². The number of aromatic amines is 1. The average molecular weight is 417 g/mol. The average Bonchev–Trinajstić information content (AvgIpc) is 3.28. The maximum absolute atomic E-state index is 12.7. The number of fused-ring (bicyclic) bond motifs is 3. The number of nitrogens with zero attached hydrogens (tertiary/aromatic N) is 1. The van der Waals surface area contributed by atoms with Crippen molar-refractivity contribution in [2.24, 2.45) is 0 Å². The third kappa shape index (κ3) is 3.58. The van der Waals surface area contributed by atoms with E-state index in [1.165, 1.54) is 15.3 Å². The molecule has 2 N–H and O–H groups in total. The van der Waals surface area contributed by atoms with Crippen LogP contribution in [0.1, 0.15) is 28.2 Å². The van der Waals surface area contributed by atoms with Crippen LogP contribution in [-0.4, -0.2) is 38.3 Å². The van der Waals surface area contributed by atoms with Crippen LogP contribution in [0.3, 0.4) is 0 Å². The number of rotatable bonds is 7. The van der Waals surface area contributed by atoms with Gasteiger partial charge in [-0.2, -0.15) is 0 Å². The Morgan fingerprint density at radius 2 is 1.90 bits per heavy atom. The van der Waals surface area contributed by atoms with Gasteiger partial charge in [-0.15, -0.1) is 11.3 Å². The van der Waals surface area contributed by atoms with Gasteiger partial charge in [-0.1, -0.05) is 0 Å². The minimum Gasteiger partial charge on any atom is -0.493 e. The Kier molecular flexibility index (Phi) is 5.47. The van der Waals surface area contributed by atoms with Crippen LogP contribution in [0, 0.1) is 0 Å². The maximum Gasteiger partial charge on any atom is 0.260 e. The number of H-pyrrole nitrogens is 1. The Labute approximate surface area is 173 Å². The molecule has 0 spiro atoms. The largest absolute Gasteiger partial charge is 0.493 e. The fraction of sp³-hybridized carbons (Fsp3) is 0.429. The summed E-state index contributed by atoms with van der Waals surface area (Å²) in [6, 6.07) is 3.86. The van der Waals surface area contributed by atoms with Gasteiger partial charge in [0.15, 0.2) is 17.3 Å². The van der Waals surface area contributed by atoms with Gasteiger partial charge in [-0.3, -0.25) is 4.79 Å². The highest BCUT2D eigenvalue weighted by Gasteiger charge is 2.22. The number of aryl methyl sites for hydroxylation is 2.